The van der Waals surface area contributed by atoms with Crippen LogP contribution in [0.25, 0.3) is 10.2 Å². The van der Waals surface area contributed by atoms with E-state index < -0.39 is 10.0 Å². The summed E-state index contributed by atoms with van der Waals surface area (Å²) in [5.41, 5.74) is 5.07. The summed E-state index contributed by atoms with van der Waals surface area (Å²) in [6.45, 7) is 7.89. The van der Waals surface area contributed by atoms with Crippen LogP contribution in [0.15, 0.2) is 40.0 Å². The number of thiazole rings is 1. The molecule has 3 aromatic rings. The maximum Gasteiger partial charge on any atom is 0.307 e. The van der Waals surface area contributed by atoms with Crippen LogP contribution < -0.4 is 9.60 Å². The van der Waals surface area contributed by atoms with Gasteiger partial charge in [0.1, 0.15) is 0 Å². The van der Waals surface area contributed by atoms with Crippen molar-refractivity contribution in [1.29, 1.82) is 0 Å². The van der Waals surface area contributed by atoms with Crippen LogP contribution in [0.5, 0.6) is 0 Å². The van der Waals surface area contributed by atoms with E-state index in [0.717, 1.165) is 33.5 Å². The van der Waals surface area contributed by atoms with E-state index in [1.54, 1.807) is 19.2 Å². The lowest BCUT2D eigenvalue weighted by atomic mass is 9.97. The lowest BCUT2D eigenvalue weighted by Gasteiger charge is -2.18. The largest absolute Gasteiger partial charge is 0.307 e. The summed E-state index contributed by atoms with van der Waals surface area (Å²) < 4.78 is 30.6. The van der Waals surface area contributed by atoms with Gasteiger partial charge in [0.25, 0.3) is 0 Å². The van der Waals surface area contributed by atoms with Gasteiger partial charge in [0, 0.05) is 13.1 Å². The predicted octanol–water partition coefficient (Wildman–Crippen LogP) is 3.56. The Labute approximate surface area is 157 Å². The minimum absolute atomic E-state index is 0.110. The van der Waals surface area contributed by atoms with Crippen molar-refractivity contribution in [3.63, 3.8) is 0 Å². The van der Waals surface area contributed by atoms with Crippen molar-refractivity contribution in [2.75, 3.05) is 0 Å². The molecule has 5 nitrogen and oxygen atoms in total. The molecule has 1 N–H and O–H groups in total. The van der Waals surface area contributed by atoms with Crippen molar-refractivity contribution in [1.82, 2.24) is 9.29 Å². The van der Waals surface area contributed by atoms with Crippen molar-refractivity contribution in [2.45, 2.75) is 38.6 Å². The van der Waals surface area contributed by atoms with Crippen LogP contribution in [0.3, 0.4) is 0 Å². The van der Waals surface area contributed by atoms with Crippen molar-refractivity contribution in [2.24, 2.45) is 7.05 Å². The number of sulfonamides is 1. The van der Waals surface area contributed by atoms with E-state index in [-0.39, 0.29) is 15.8 Å². The summed E-state index contributed by atoms with van der Waals surface area (Å²) in [5.74, 6) is 0. The molecule has 0 amide bonds. The van der Waals surface area contributed by atoms with Gasteiger partial charge < -0.3 is 4.57 Å². The van der Waals surface area contributed by atoms with Gasteiger partial charge in [0.05, 0.1) is 15.1 Å². The Morgan fingerprint density at radius 1 is 1.04 bits per heavy atom. The van der Waals surface area contributed by atoms with Crippen molar-refractivity contribution in [3.8, 4) is 0 Å². The average Bonchev–Trinajstić information content (AvgIpc) is 2.84. The maximum absolute atomic E-state index is 12.8. The van der Waals surface area contributed by atoms with Gasteiger partial charge in [0.2, 0.25) is 10.0 Å². The molecule has 0 fully saturated rings. The second kappa shape index (κ2) is 6.64. The van der Waals surface area contributed by atoms with E-state index in [0.29, 0.717) is 4.70 Å². The number of benzene rings is 2. The number of nitrogens with one attached hydrogen (secondary N) is 1. The SMILES string of the molecule is Cc1cc(C)c([C@@H](C)NS(=O)(=O)c2ccc3c(c2)sc(=O)n3C)cc1C. The Morgan fingerprint density at radius 3 is 2.38 bits per heavy atom. The van der Waals surface area contributed by atoms with Crippen LogP contribution in [0.2, 0.25) is 0 Å². The lowest BCUT2D eigenvalue weighted by molar-refractivity contribution is 0.566. The molecule has 0 radical (unpaired) electrons. The lowest BCUT2D eigenvalue weighted by Crippen LogP contribution is -2.27. The second-order valence-corrected chi connectivity index (χ2v) is 9.40. The molecule has 0 aliphatic rings. The normalized spacial score (nSPS) is 13.3. The molecule has 0 saturated carbocycles. The summed E-state index contributed by atoms with van der Waals surface area (Å²) in [4.78, 5) is 11.8. The van der Waals surface area contributed by atoms with Crippen LogP contribution in [0.4, 0.5) is 0 Å². The zero-order chi connectivity index (χ0) is 19.2. The molecule has 0 aliphatic heterocycles. The first-order valence-electron chi connectivity index (χ1n) is 8.30. The number of nitrogens with zero attached hydrogens (tertiary/aromatic N) is 1. The summed E-state index contributed by atoms with van der Waals surface area (Å²) in [6, 6.07) is 8.52. The third-order valence-corrected chi connectivity index (χ3v) is 7.29. The van der Waals surface area contributed by atoms with E-state index in [1.807, 2.05) is 33.8 Å². The molecule has 26 heavy (non-hydrogen) atoms. The first-order valence-corrected chi connectivity index (χ1v) is 10.6. The van der Waals surface area contributed by atoms with Crippen molar-refractivity contribution >= 4 is 31.6 Å². The van der Waals surface area contributed by atoms with Gasteiger partial charge in [-0.15, -0.1) is 0 Å². The van der Waals surface area contributed by atoms with Gasteiger partial charge in [-0.05, 0) is 68.1 Å². The number of hydrogen-bond acceptors (Lipinski definition) is 4. The van der Waals surface area contributed by atoms with Gasteiger partial charge in [0.15, 0.2) is 0 Å². The number of fused-ring (bicyclic) bond motifs is 1. The first-order chi connectivity index (χ1) is 12.1. The van der Waals surface area contributed by atoms with Crippen molar-refractivity contribution in [3.05, 3.63) is 62.3 Å². The molecule has 0 spiro atoms. The third kappa shape index (κ3) is 3.34. The predicted molar refractivity (Wildman–Crippen MR) is 106 cm³/mol. The second-order valence-electron chi connectivity index (χ2n) is 6.69. The maximum atomic E-state index is 12.8. The fraction of sp³-hybridized carbons (Fsp3) is 0.316. The number of aromatic nitrogens is 1. The standard InChI is InChI=1S/C19H22N2O3S2/c1-11-8-13(3)16(9-12(11)2)14(4)20-26(23,24)15-6-7-17-18(10-15)25-19(22)21(17)5/h6-10,14,20H,1-5H3/t14-/m1/s1. The summed E-state index contributed by atoms with van der Waals surface area (Å²) >= 11 is 1.05. The molecule has 0 saturated heterocycles. The van der Waals surface area contributed by atoms with E-state index in [2.05, 4.69) is 10.8 Å². The molecular formula is C19H22N2O3S2. The minimum Gasteiger partial charge on any atom is -0.302 e. The quantitative estimate of drug-likeness (QED) is 0.740. The highest BCUT2D eigenvalue weighted by Crippen LogP contribution is 2.25. The molecule has 1 heterocycles. The number of hydrogen-bond donors (Lipinski definition) is 1. The average molecular weight is 391 g/mol. The van der Waals surface area contributed by atoms with Gasteiger partial charge >= 0.3 is 4.87 Å². The van der Waals surface area contributed by atoms with Crippen LogP contribution >= 0.6 is 11.3 Å². The Balaban J connectivity index is 1.96. The molecule has 1 atom stereocenters. The summed E-state index contributed by atoms with van der Waals surface area (Å²) in [7, 11) is -2.02. The number of aryl methyl sites for hydroxylation is 4. The summed E-state index contributed by atoms with van der Waals surface area (Å²) in [5, 5.41) is 0. The highest BCUT2D eigenvalue weighted by molar-refractivity contribution is 7.89. The van der Waals surface area contributed by atoms with Crippen LogP contribution in [-0.4, -0.2) is 13.0 Å². The fourth-order valence-electron chi connectivity index (χ4n) is 3.09. The molecular weight excluding hydrogens is 368 g/mol. The highest BCUT2D eigenvalue weighted by atomic mass is 32.2. The van der Waals surface area contributed by atoms with Gasteiger partial charge in [-0.3, -0.25) is 4.79 Å². The smallest absolute Gasteiger partial charge is 0.302 e. The molecule has 2 aromatic carbocycles. The third-order valence-electron chi connectivity index (χ3n) is 4.75. The molecule has 7 heteroatoms. The molecule has 1 aromatic heterocycles. The monoisotopic (exact) mass is 390 g/mol. The number of rotatable bonds is 4. The molecule has 0 aliphatic carbocycles. The Kier molecular flexibility index (Phi) is 4.81. The van der Waals surface area contributed by atoms with E-state index >= 15 is 0 Å². The van der Waals surface area contributed by atoms with Crippen LogP contribution in [-0.2, 0) is 17.1 Å². The van der Waals surface area contributed by atoms with E-state index in [9.17, 15) is 13.2 Å². The zero-order valence-corrected chi connectivity index (χ0v) is 17.1. The van der Waals surface area contributed by atoms with E-state index in [1.165, 1.54) is 16.2 Å². The molecule has 3 rings (SSSR count). The van der Waals surface area contributed by atoms with Gasteiger partial charge in [-0.2, -0.15) is 0 Å². The summed E-state index contributed by atoms with van der Waals surface area (Å²) in [6.07, 6.45) is 0. The molecule has 0 bridgehead atoms. The highest BCUT2D eigenvalue weighted by Gasteiger charge is 2.21. The Bertz CT molecular complexity index is 1160. The zero-order valence-electron chi connectivity index (χ0n) is 15.5. The molecule has 138 valence electrons. The van der Waals surface area contributed by atoms with Gasteiger partial charge in [-0.25, -0.2) is 13.1 Å². The Hall–Kier alpha value is -1.96. The Morgan fingerprint density at radius 2 is 1.69 bits per heavy atom. The van der Waals surface area contributed by atoms with E-state index in [4.69, 9.17) is 0 Å². The van der Waals surface area contributed by atoms with Gasteiger partial charge in [-0.1, -0.05) is 23.5 Å². The van der Waals surface area contributed by atoms with Crippen LogP contribution in [0.1, 0.15) is 35.2 Å². The molecule has 0 unspecified atom stereocenters. The van der Waals surface area contributed by atoms with Crippen molar-refractivity contribution < 1.29 is 8.42 Å². The first kappa shape index (κ1) is 18.8. The fourth-order valence-corrected chi connectivity index (χ4v) is 5.34. The van der Waals surface area contributed by atoms with Crippen LogP contribution in [0, 0.1) is 20.8 Å². The topological polar surface area (TPSA) is 68.2 Å². The minimum atomic E-state index is -3.70.